The summed E-state index contributed by atoms with van der Waals surface area (Å²) in [4.78, 5) is 5.09. The van der Waals surface area contributed by atoms with Crippen LogP contribution in [0.1, 0.15) is 44.5 Å². The van der Waals surface area contributed by atoms with Crippen LogP contribution in [-0.4, -0.2) is 0 Å². The van der Waals surface area contributed by atoms with Crippen molar-refractivity contribution in [3.8, 4) is 33.4 Å². The molecule has 3 aliphatic rings. The van der Waals surface area contributed by atoms with Gasteiger partial charge in [0.2, 0.25) is 0 Å². The lowest BCUT2D eigenvalue weighted by Crippen LogP contribution is -2.29. The summed E-state index contributed by atoms with van der Waals surface area (Å²) in [5, 5.41) is 2.39. The number of para-hydroxylation sites is 3. The van der Waals surface area contributed by atoms with Crippen molar-refractivity contribution in [2.45, 2.75) is 10.8 Å². The summed E-state index contributed by atoms with van der Waals surface area (Å²) in [5.74, 6) is 0. The molecule has 1 spiro atoms. The van der Waals surface area contributed by atoms with Gasteiger partial charge < -0.3 is 9.80 Å². The summed E-state index contributed by atoms with van der Waals surface area (Å²) in [6, 6.07) is 109. The average molecular weight is 941 g/mol. The quantitative estimate of drug-likeness (QED) is 0.150. The summed E-state index contributed by atoms with van der Waals surface area (Å²) in [6.07, 6.45) is 0. The van der Waals surface area contributed by atoms with Crippen LogP contribution < -0.4 is 9.80 Å². The number of hydrogen-bond acceptors (Lipinski definition) is 2. The molecule has 0 amide bonds. The number of nitrogens with zero attached hydrogens (tertiary/aromatic N) is 2. The Balaban J connectivity index is 1.09. The van der Waals surface area contributed by atoms with Crippen molar-refractivity contribution in [2.75, 3.05) is 9.80 Å². The van der Waals surface area contributed by atoms with Crippen LogP contribution in [-0.2, 0) is 10.8 Å². The first-order chi connectivity index (χ1) is 36.8. The van der Waals surface area contributed by atoms with E-state index < -0.39 is 10.8 Å². The normalized spacial score (nSPS) is 14.9. The number of anilines is 6. The van der Waals surface area contributed by atoms with Crippen LogP contribution in [0.15, 0.2) is 291 Å². The first-order valence-electron chi connectivity index (χ1n) is 25.8. The van der Waals surface area contributed by atoms with E-state index in [0.29, 0.717) is 0 Å². The van der Waals surface area contributed by atoms with E-state index >= 15 is 0 Å². The highest BCUT2D eigenvalue weighted by atomic mass is 15.2. The lowest BCUT2D eigenvalue weighted by atomic mass is 9.67. The van der Waals surface area contributed by atoms with E-state index in [1.54, 1.807) is 0 Å². The summed E-state index contributed by atoms with van der Waals surface area (Å²) in [6.45, 7) is 0. The van der Waals surface area contributed by atoms with Crippen molar-refractivity contribution in [2.24, 2.45) is 0 Å². The maximum atomic E-state index is 2.64. The Morgan fingerprint density at radius 2 is 0.635 bits per heavy atom. The third-order valence-corrected chi connectivity index (χ3v) is 16.3. The molecule has 0 aromatic heterocycles. The highest BCUT2D eigenvalue weighted by Gasteiger charge is 2.55. The first-order valence-corrected chi connectivity index (χ1v) is 25.8. The molecule has 2 nitrogen and oxygen atoms in total. The largest absolute Gasteiger partial charge is 0.310 e. The Bertz CT molecular complexity index is 4050. The minimum absolute atomic E-state index is 0.575. The van der Waals surface area contributed by atoms with Gasteiger partial charge in [-0.15, -0.1) is 0 Å². The summed E-state index contributed by atoms with van der Waals surface area (Å²) in [5.41, 5.74) is 23.2. The Labute approximate surface area is 432 Å². The van der Waals surface area contributed by atoms with Gasteiger partial charge in [-0.2, -0.15) is 0 Å². The molecule has 346 valence electrons. The van der Waals surface area contributed by atoms with Crippen LogP contribution >= 0.6 is 0 Å². The van der Waals surface area contributed by atoms with Crippen LogP contribution in [0.5, 0.6) is 0 Å². The van der Waals surface area contributed by atoms with E-state index in [2.05, 4.69) is 301 Å². The van der Waals surface area contributed by atoms with Crippen molar-refractivity contribution in [3.63, 3.8) is 0 Å². The summed E-state index contributed by atoms with van der Waals surface area (Å²) < 4.78 is 0. The SMILES string of the molecule is c1ccc(N(c2ccccc2)c2cccc3c2-c2ccccc2C32c3ccccc3-c3cc4ccccc4c(N(c4ccccc4)c4cccc5c4-c4ccccc4C5(c4ccccc4)c4ccccc4)c32)cc1. The minimum atomic E-state index is -0.715. The van der Waals surface area contributed by atoms with Crippen LogP contribution in [0.2, 0.25) is 0 Å². The second kappa shape index (κ2) is 16.5. The van der Waals surface area contributed by atoms with Crippen molar-refractivity contribution in [1.82, 2.24) is 0 Å². The van der Waals surface area contributed by atoms with Crippen molar-refractivity contribution in [1.29, 1.82) is 0 Å². The zero-order valence-electron chi connectivity index (χ0n) is 40.6. The van der Waals surface area contributed by atoms with Gasteiger partial charge in [-0.05, 0) is 121 Å². The topological polar surface area (TPSA) is 6.48 Å². The van der Waals surface area contributed by atoms with Crippen molar-refractivity contribution >= 4 is 44.9 Å². The molecule has 3 aliphatic carbocycles. The molecule has 0 aliphatic heterocycles. The van der Waals surface area contributed by atoms with E-state index in [1.165, 1.54) is 94.3 Å². The van der Waals surface area contributed by atoms with E-state index in [4.69, 9.17) is 0 Å². The van der Waals surface area contributed by atoms with Gasteiger partial charge in [0, 0.05) is 39.1 Å². The smallest absolute Gasteiger partial charge is 0.0747 e. The molecule has 1 atom stereocenters. The Hall–Kier alpha value is -9.50. The molecule has 0 radical (unpaired) electrons. The zero-order valence-corrected chi connectivity index (χ0v) is 40.6. The molecule has 0 fully saturated rings. The van der Waals surface area contributed by atoms with Crippen LogP contribution in [0.25, 0.3) is 44.2 Å². The summed E-state index contributed by atoms with van der Waals surface area (Å²) in [7, 11) is 0. The van der Waals surface area contributed by atoms with Crippen LogP contribution in [0.4, 0.5) is 34.1 Å². The third kappa shape index (κ3) is 5.76. The number of hydrogen-bond donors (Lipinski definition) is 0. The van der Waals surface area contributed by atoms with Gasteiger partial charge in [-0.1, -0.05) is 237 Å². The minimum Gasteiger partial charge on any atom is -0.310 e. The molecular weight excluding hydrogens is 893 g/mol. The monoisotopic (exact) mass is 940 g/mol. The highest BCUT2D eigenvalue weighted by Crippen LogP contribution is 2.69. The van der Waals surface area contributed by atoms with Gasteiger partial charge in [-0.3, -0.25) is 0 Å². The van der Waals surface area contributed by atoms with E-state index in [-0.39, 0.29) is 0 Å². The van der Waals surface area contributed by atoms with Gasteiger partial charge in [-0.25, -0.2) is 0 Å². The average Bonchev–Trinajstić information content (AvgIpc) is 4.07. The second-order valence-electron chi connectivity index (χ2n) is 19.8. The fourth-order valence-corrected chi connectivity index (χ4v) is 13.6. The molecule has 74 heavy (non-hydrogen) atoms. The first kappa shape index (κ1) is 42.2. The van der Waals surface area contributed by atoms with Crippen LogP contribution in [0, 0.1) is 0 Å². The molecule has 0 bridgehead atoms. The lowest BCUT2D eigenvalue weighted by molar-refractivity contribution is 0.768. The van der Waals surface area contributed by atoms with Gasteiger partial charge in [0.1, 0.15) is 0 Å². The Morgan fingerprint density at radius 3 is 1.18 bits per heavy atom. The van der Waals surface area contributed by atoms with Crippen molar-refractivity contribution < 1.29 is 0 Å². The fourth-order valence-electron chi connectivity index (χ4n) is 13.6. The lowest BCUT2D eigenvalue weighted by Gasteiger charge is -2.38. The second-order valence-corrected chi connectivity index (χ2v) is 19.8. The third-order valence-electron chi connectivity index (χ3n) is 16.3. The number of benzene rings is 12. The number of rotatable bonds is 8. The molecule has 0 saturated carbocycles. The van der Waals surface area contributed by atoms with Gasteiger partial charge in [0.05, 0.1) is 27.9 Å². The van der Waals surface area contributed by atoms with Gasteiger partial charge in [0.25, 0.3) is 0 Å². The number of fused-ring (bicyclic) bond motifs is 14. The fraction of sp³-hybridized carbons (Fsp3) is 0.0278. The standard InChI is InChI=1S/C72H48N2/c1-6-27-50(28-7-1)71(51-29-8-2-9-30-51)61-42-22-19-39-57(61)67-63(71)44-24-47-66(67)74(54-35-14-5-15-36-54)70-55-37-17-16-26-49(55)48-59-56-38-18-21-41-60(56)72(69(59)70)62-43-23-20-40-58(62)68-64(72)45-25-46-65(68)73(52-31-10-3-11-32-52)53-33-12-4-13-34-53/h1-48H. The predicted octanol–water partition coefficient (Wildman–Crippen LogP) is 18.5. The van der Waals surface area contributed by atoms with Gasteiger partial charge in [0.15, 0.2) is 0 Å². The molecule has 0 N–H and O–H groups in total. The van der Waals surface area contributed by atoms with E-state index in [0.717, 1.165) is 28.4 Å². The summed E-state index contributed by atoms with van der Waals surface area (Å²) >= 11 is 0. The Morgan fingerprint density at radius 1 is 0.257 bits per heavy atom. The Kier molecular flexibility index (Phi) is 9.43. The molecule has 15 rings (SSSR count). The van der Waals surface area contributed by atoms with E-state index in [1.807, 2.05) is 0 Å². The molecular formula is C72H48N2. The molecule has 0 saturated heterocycles. The molecule has 0 heterocycles. The van der Waals surface area contributed by atoms with Crippen molar-refractivity contribution in [3.05, 3.63) is 336 Å². The van der Waals surface area contributed by atoms with Crippen LogP contribution in [0.3, 0.4) is 0 Å². The molecule has 1 unspecified atom stereocenters. The predicted molar refractivity (Wildman–Crippen MR) is 307 cm³/mol. The van der Waals surface area contributed by atoms with Gasteiger partial charge >= 0.3 is 0 Å². The molecule has 2 heteroatoms. The zero-order chi connectivity index (χ0) is 48.8. The molecule has 12 aromatic rings. The maximum absolute atomic E-state index is 2.64. The highest BCUT2D eigenvalue weighted by molar-refractivity contribution is 6.12. The maximum Gasteiger partial charge on any atom is 0.0747 e. The van der Waals surface area contributed by atoms with E-state index in [9.17, 15) is 0 Å². The molecule has 12 aromatic carbocycles.